The maximum absolute atomic E-state index is 12.2. The Bertz CT molecular complexity index is 982. The van der Waals surface area contributed by atoms with Crippen molar-refractivity contribution < 1.29 is 9.59 Å². The van der Waals surface area contributed by atoms with Gasteiger partial charge in [0.05, 0.1) is 5.56 Å². The fourth-order valence-electron chi connectivity index (χ4n) is 2.40. The molecule has 3 N–H and O–H groups in total. The van der Waals surface area contributed by atoms with Crippen LogP contribution < -0.4 is 10.6 Å². The van der Waals surface area contributed by atoms with E-state index in [-0.39, 0.29) is 18.4 Å². The van der Waals surface area contributed by atoms with E-state index in [1.807, 2.05) is 13.0 Å². The first-order valence-corrected chi connectivity index (χ1v) is 7.83. The van der Waals surface area contributed by atoms with Gasteiger partial charge in [0.25, 0.3) is 5.91 Å². The number of aromatic nitrogens is 3. The van der Waals surface area contributed by atoms with Gasteiger partial charge in [-0.05, 0) is 42.8 Å². The Hall–Kier alpha value is -3.86. The zero-order chi connectivity index (χ0) is 18.5. The van der Waals surface area contributed by atoms with Crippen molar-refractivity contribution in [3.8, 4) is 6.07 Å². The van der Waals surface area contributed by atoms with Crippen LogP contribution in [0.4, 0.5) is 11.4 Å². The predicted molar refractivity (Wildman–Crippen MR) is 95.5 cm³/mol. The van der Waals surface area contributed by atoms with Gasteiger partial charge in [-0.3, -0.25) is 14.3 Å². The molecule has 8 nitrogen and oxygen atoms in total. The molecule has 0 spiro atoms. The number of anilines is 2. The number of aromatic amines is 1. The molecule has 8 heteroatoms. The molecule has 26 heavy (non-hydrogen) atoms. The van der Waals surface area contributed by atoms with Gasteiger partial charge < -0.3 is 15.6 Å². The van der Waals surface area contributed by atoms with Gasteiger partial charge in [0.1, 0.15) is 18.3 Å². The number of nitriles is 1. The lowest BCUT2D eigenvalue weighted by Crippen LogP contribution is -2.19. The zero-order valence-electron chi connectivity index (χ0n) is 14.0. The minimum absolute atomic E-state index is 0.124. The molecule has 2 heterocycles. The van der Waals surface area contributed by atoms with Crippen LogP contribution in [0.15, 0.2) is 48.9 Å². The van der Waals surface area contributed by atoms with E-state index in [1.54, 1.807) is 36.7 Å². The van der Waals surface area contributed by atoms with Crippen LogP contribution in [0.3, 0.4) is 0 Å². The average Bonchev–Trinajstić information content (AvgIpc) is 3.28. The maximum atomic E-state index is 12.2. The molecule has 0 aliphatic carbocycles. The third kappa shape index (κ3) is 3.96. The van der Waals surface area contributed by atoms with Gasteiger partial charge in [0.15, 0.2) is 0 Å². The Balaban J connectivity index is 1.64. The summed E-state index contributed by atoms with van der Waals surface area (Å²) < 4.78 is 1.53. The molecule has 0 atom stereocenters. The molecule has 0 saturated carbocycles. The van der Waals surface area contributed by atoms with E-state index in [4.69, 9.17) is 5.26 Å². The Morgan fingerprint density at radius 3 is 2.81 bits per heavy atom. The fraction of sp³-hybridized carbons (Fsp3) is 0.111. The van der Waals surface area contributed by atoms with E-state index in [0.717, 1.165) is 5.56 Å². The Labute approximate surface area is 149 Å². The Kier molecular flexibility index (Phi) is 4.80. The largest absolute Gasteiger partial charge is 0.356 e. The summed E-state index contributed by atoms with van der Waals surface area (Å²) in [6.45, 7) is 1.96. The molecular weight excluding hydrogens is 332 g/mol. The van der Waals surface area contributed by atoms with Crippen LogP contribution in [-0.2, 0) is 11.3 Å². The summed E-state index contributed by atoms with van der Waals surface area (Å²) >= 11 is 0. The van der Waals surface area contributed by atoms with Crippen molar-refractivity contribution >= 4 is 23.2 Å². The van der Waals surface area contributed by atoms with Gasteiger partial charge in [-0.1, -0.05) is 0 Å². The number of hydrogen-bond donors (Lipinski definition) is 3. The third-order valence-electron chi connectivity index (χ3n) is 3.68. The van der Waals surface area contributed by atoms with Crippen LogP contribution in [0.1, 0.15) is 21.6 Å². The van der Waals surface area contributed by atoms with Crippen molar-refractivity contribution in [1.29, 1.82) is 5.26 Å². The van der Waals surface area contributed by atoms with Crippen LogP contribution in [-0.4, -0.2) is 26.6 Å². The van der Waals surface area contributed by atoms with Gasteiger partial charge in [-0.25, -0.2) is 0 Å². The summed E-state index contributed by atoms with van der Waals surface area (Å²) in [5.74, 6) is -0.537. The van der Waals surface area contributed by atoms with Crippen molar-refractivity contribution in [2.75, 3.05) is 10.6 Å². The normalized spacial score (nSPS) is 10.2. The molecular formula is C18H16N6O2. The van der Waals surface area contributed by atoms with Crippen molar-refractivity contribution in [3.63, 3.8) is 0 Å². The highest BCUT2D eigenvalue weighted by Crippen LogP contribution is 2.20. The number of carbonyl (C=O) groups excluding carboxylic acids is 2. The SMILES string of the molecule is Cc1cc(NC(=O)c2cc(C#N)c[nH]2)ccc1NC(=O)Cn1cccn1. The summed E-state index contributed by atoms with van der Waals surface area (Å²) in [6.07, 6.45) is 4.79. The van der Waals surface area contributed by atoms with Gasteiger partial charge in [0.2, 0.25) is 5.91 Å². The molecule has 1 aromatic carbocycles. The highest BCUT2D eigenvalue weighted by Gasteiger charge is 2.11. The molecule has 2 amide bonds. The molecule has 3 aromatic rings. The number of hydrogen-bond acceptors (Lipinski definition) is 4. The van der Waals surface area contributed by atoms with E-state index in [0.29, 0.717) is 22.6 Å². The van der Waals surface area contributed by atoms with E-state index in [1.165, 1.54) is 16.9 Å². The van der Waals surface area contributed by atoms with Gasteiger partial charge in [0, 0.05) is 30.0 Å². The molecule has 3 rings (SSSR count). The summed E-state index contributed by atoms with van der Waals surface area (Å²) in [4.78, 5) is 27.0. The van der Waals surface area contributed by atoms with Crippen LogP contribution in [0.25, 0.3) is 0 Å². The second kappa shape index (κ2) is 7.36. The highest BCUT2D eigenvalue weighted by molar-refractivity contribution is 6.03. The number of H-pyrrole nitrogens is 1. The summed E-state index contributed by atoms with van der Waals surface area (Å²) in [6, 6.07) is 10.4. The minimum atomic E-state index is -0.346. The van der Waals surface area contributed by atoms with E-state index in [2.05, 4.69) is 20.7 Å². The zero-order valence-corrected chi connectivity index (χ0v) is 14.0. The molecule has 0 unspecified atom stereocenters. The standard InChI is InChI=1S/C18H16N6O2/c1-12-7-14(22-18(26)16-8-13(9-19)10-20-16)3-4-15(12)23-17(25)11-24-6-2-5-21-24/h2-8,10,20H,11H2,1H3,(H,22,26)(H,23,25). The number of aryl methyl sites for hydroxylation is 1. The van der Waals surface area contributed by atoms with E-state index in [9.17, 15) is 9.59 Å². The molecule has 0 bridgehead atoms. The smallest absolute Gasteiger partial charge is 0.272 e. The molecule has 0 aliphatic rings. The number of carbonyl (C=O) groups is 2. The highest BCUT2D eigenvalue weighted by atomic mass is 16.2. The second-order valence-corrected chi connectivity index (χ2v) is 5.65. The molecule has 2 aromatic heterocycles. The number of rotatable bonds is 5. The monoisotopic (exact) mass is 348 g/mol. The summed E-state index contributed by atoms with van der Waals surface area (Å²) in [5.41, 5.74) is 2.75. The quantitative estimate of drug-likeness (QED) is 0.656. The van der Waals surface area contributed by atoms with Crippen molar-refractivity contribution in [3.05, 3.63) is 65.7 Å². The fourth-order valence-corrected chi connectivity index (χ4v) is 2.40. The number of nitrogens with zero attached hydrogens (tertiary/aromatic N) is 3. The number of benzene rings is 1. The lowest BCUT2D eigenvalue weighted by atomic mass is 10.1. The third-order valence-corrected chi connectivity index (χ3v) is 3.68. The summed E-state index contributed by atoms with van der Waals surface area (Å²) in [7, 11) is 0. The van der Waals surface area contributed by atoms with Crippen LogP contribution >= 0.6 is 0 Å². The average molecular weight is 348 g/mol. The van der Waals surface area contributed by atoms with Gasteiger partial charge in [-0.15, -0.1) is 0 Å². The number of amides is 2. The van der Waals surface area contributed by atoms with E-state index >= 15 is 0 Å². The lowest BCUT2D eigenvalue weighted by molar-refractivity contribution is -0.116. The van der Waals surface area contributed by atoms with Crippen molar-refractivity contribution in [2.24, 2.45) is 0 Å². The molecule has 0 fully saturated rings. The molecule has 130 valence electrons. The van der Waals surface area contributed by atoms with Crippen LogP contribution in [0.2, 0.25) is 0 Å². The predicted octanol–water partition coefficient (Wildman–Crippen LogP) is 2.28. The minimum Gasteiger partial charge on any atom is -0.356 e. The van der Waals surface area contributed by atoms with Gasteiger partial charge in [-0.2, -0.15) is 10.4 Å². The second-order valence-electron chi connectivity index (χ2n) is 5.65. The Morgan fingerprint density at radius 1 is 1.31 bits per heavy atom. The molecule has 0 saturated heterocycles. The topological polar surface area (TPSA) is 116 Å². The first kappa shape index (κ1) is 17.0. The molecule has 0 aliphatic heterocycles. The first-order valence-electron chi connectivity index (χ1n) is 7.83. The maximum Gasteiger partial charge on any atom is 0.272 e. The molecule has 0 radical (unpaired) electrons. The lowest BCUT2D eigenvalue weighted by Gasteiger charge is -2.11. The number of nitrogens with one attached hydrogen (secondary N) is 3. The van der Waals surface area contributed by atoms with Crippen molar-refractivity contribution in [2.45, 2.75) is 13.5 Å². The van der Waals surface area contributed by atoms with Crippen LogP contribution in [0, 0.1) is 18.3 Å². The van der Waals surface area contributed by atoms with E-state index < -0.39 is 0 Å². The van der Waals surface area contributed by atoms with Crippen LogP contribution in [0.5, 0.6) is 0 Å². The van der Waals surface area contributed by atoms with Gasteiger partial charge >= 0.3 is 0 Å². The van der Waals surface area contributed by atoms with Crippen molar-refractivity contribution in [1.82, 2.24) is 14.8 Å². The summed E-state index contributed by atoms with van der Waals surface area (Å²) in [5, 5.41) is 18.4. The Morgan fingerprint density at radius 2 is 2.15 bits per heavy atom. The first-order chi connectivity index (χ1) is 12.5.